The predicted octanol–water partition coefficient (Wildman–Crippen LogP) is 0.823. The Balaban J connectivity index is 3.09. The van der Waals surface area contributed by atoms with Gasteiger partial charge in [-0.25, -0.2) is 4.79 Å². The molecule has 0 saturated carbocycles. The summed E-state index contributed by atoms with van der Waals surface area (Å²) in [6.07, 6.45) is 1.24. The van der Waals surface area contributed by atoms with E-state index < -0.39 is 47.9 Å². The second-order valence-corrected chi connectivity index (χ2v) is 9.16. The summed E-state index contributed by atoms with van der Waals surface area (Å²) in [6, 6.07) is 1.93. The van der Waals surface area contributed by atoms with Crippen molar-refractivity contribution in [3.05, 3.63) is 29.8 Å². The summed E-state index contributed by atoms with van der Waals surface area (Å²) >= 11 is 4.16. The molecule has 0 spiro atoms. The SMILES string of the molecule is CCC(C)C(N)C(=O)NC(CS)C(=O)NC(Cc1ccc(O)cc1)C(=O)NC(C(=O)O)C(C)CC. The van der Waals surface area contributed by atoms with Crippen LogP contribution in [-0.2, 0) is 25.6 Å². The number of aromatic hydroxyl groups is 1. The highest BCUT2D eigenvalue weighted by Gasteiger charge is 2.32. The third-order valence-electron chi connectivity index (χ3n) is 6.16. The smallest absolute Gasteiger partial charge is 0.326 e. The molecule has 0 aliphatic rings. The molecular weight excluding hydrogens is 472 g/mol. The summed E-state index contributed by atoms with van der Waals surface area (Å²) in [6.45, 7) is 7.25. The van der Waals surface area contributed by atoms with Gasteiger partial charge in [-0.3, -0.25) is 14.4 Å². The van der Waals surface area contributed by atoms with Gasteiger partial charge in [-0.2, -0.15) is 12.6 Å². The van der Waals surface area contributed by atoms with Crippen LogP contribution in [0.25, 0.3) is 0 Å². The van der Waals surface area contributed by atoms with Crippen molar-refractivity contribution in [2.45, 2.75) is 71.1 Å². The Morgan fingerprint density at radius 1 is 0.886 bits per heavy atom. The fraction of sp³-hybridized carbons (Fsp3) is 0.583. The van der Waals surface area contributed by atoms with Crippen LogP contribution in [0.1, 0.15) is 46.1 Å². The Kier molecular flexibility index (Phi) is 12.6. The van der Waals surface area contributed by atoms with Crippen LogP contribution in [0.5, 0.6) is 5.75 Å². The van der Waals surface area contributed by atoms with Crippen LogP contribution in [0.3, 0.4) is 0 Å². The first kappa shape index (κ1) is 30.2. The van der Waals surface area contributed by atoms with Gasteiger partial charge in [0.15, 0.2) is 0 Å². The number of phenols is 1. The molecule has 0 aromatic heterocycles. The number of amides is 3. The van der Waals surface area contributed by atoms with E-state index in [9.17, 15) is 29.4 Å². The van der Waals surface area contributed by atoms with Gasteiger partial charge in [-0.15, -0.1) is 0 Å². The average molecular weight is 511 g/mol. The minimum atomic E-state index is -1.18. The number of thiol groups is 1. The van der Waals surface area contributed by atoms with Crippen LogP contribution in [0.4, 0.5) is 0 Å². The van der Waals surface area contributed by atoms with E-state index in [1.165, 1.54) is 12.1 Å². The molecule has 10 nitrogen and oxygen atoms in total. The van der Waals surface area contributed by atoms with Crippen molar-refractivity contribution in [1.82, 2.24) is 16.0 Å². The summed E-state index contributed by atoms with van der Waals surface area (Å²) in [5, 5.41) is 26.8. The molecule has 0 radical (unpaired) electrons. The lowest BCUT2D eigenvalue weighted by Crippen LogP contribution is -2.59. The fourth-order valence-electron chi connectivity index (χ4n) is 3.26. The molecule has 0 heterocycles. The molecule has 0 aliphatic heterocycles. The number of hydrogen-bond acceptors (Lipinski definition) is 7. The van der Waals surface area contributed by atoms with Crippen molar-refractivity contribution in [2.24, 2.45) is 17.6 Å². The molecule has 7 N–H and O–H groups in total. The van der Waals surface area contributed by atoms with Gasteiger partial charge in [0, 0.05) is 12.2 Å². The minimum absolute atomic E-state index is 0.0321. The third-order valence-corrected chi connectivity index (χ3v) is 6.53. The number of benzene rings is 1. The molecular formula is C24H38N4O6S. The Morgan fingerprint density at radius 2 is 1.40 bits per heavy atom. The number of hydrogen-bond donors (Lipinski definition) is 7. The fourth-order valence-corrected chi connectivity index (χ4v) is 3.52. The highest BCUT2D eigenvalue weighted by atomic mass is 32.1. The van der Waals surface area contributed by atoms with E-state index in [4.69, 9.17) is 5.73 Å². The van der Waals surface area contributed by atoms with E-state index in [1.807, 2.05) is 20.8 Å². The molecule has 196 valence electrons. The Hall–Kier alpha value is -2.79. The molecule has 35 heavy (non-hydrogen) atoms. The molecule has 6 unspecified atom stereocenters. The lowest BCUT2D eigenvalue weighted by atomic mass is 9.98. The second kappa shape index (κ2) is 14.6. The van der Waals surface area contributed by atoms with Crippen LogP contribution in [0, 0.1) is 11.8 Å². The summed E-state index contributed by atoms with van der Waals surface area (Å²) in [4.78, 5) is 50.2. The number of nitrogens with two attached hydrogens (primary N) is 1. The number of nitrogens with one attached hydrogen (secondary N) is 3. The lowest BCUT2D eigenvalue weighted by Gasteiger charge is -2.26. The number of phenolic OH excluding ortho intramolecular Hbond substituents is 1. The zero-order valence-electron chi connectivity index (χ0n) is 20.7. The monoisotopic (exact) mass is 510 g/mol. The summed E-state index contributed by atoms with van der Waals surface area (Å²) in [7, 11) is 0. The lowest BCUT2D eigenvalue weighted by molar-refractivity contribution is -0.143. The normalized spacial score (nSPS) is 16.2. The largest absolute Gasteiger partial charge is 0.508 e. The van der Waals surface area contributed by atoms with Gasteiger partial charge in [0.05, 0.1) is 6.04 Å². The minimum Gasteiger partial charge on any atom is -0.508 e. The maximum absolute atomic E-state index is 13.1. The first-order valence-electron chi connectivity index (χ1n) is 11.7. The molecule has 1 rings (SSSR count). The molecule has 0 fully saturated rings. The van der Waals surface area contributed by atoms with Crippen LogP contribution in [0.2, 0.25) is 0 Å². The van der Waals surface area contributed by atoms with E-state index in [0.29, 0.717) is 18.4 Å². The van der Waals surface area contributed by atoms with Crippen molar-refractivity contribution in [1.29, 1.82) is 0 Å². The highest BCUT2D eigenvalue weighted by molar-refractivity contribution is 7.80. The van der Waals surface area contributed by atoms with Crippen LogP contribution >= 0.6 is 12.6 Å². The first-order valence-corrected chi connectivity index (χ1v) is 12.4. The van der Waals surface area contributed by atoms with Crippen molar-refractivity contribution in [3.63, 3.8) is 0 Å². The van der Waals surface area contributed by atoms with E-state index in [1.54, 1.807) is 19.1 Å². The molecule has 6 atom stereocenters. The topological polar surface area (TPSA) is 171 Å². The van der Waals surface area contributed by atoms with Gasteiger partial charge in [0.2, 0.25) is 17.7 Å². The number of rotatable bonds is 14. The van der Waals surface area contributed by atoms with Gasteiger partial charge in [0.1, 0.15) is 23.9 Å². The van der Waals surface area contributed by atoms with Crippen LogP contribution in [-0.4, -0.2) is 63.8 Å². The number of carbonyl (C=O) groups excluding carboxylic acids is 3. The molecule has 11 heteroatoms. The third kappa shape index (κ3) is 9.41. The zero-order chi connectivity index (χ0) is 26.7. The number of carboxylic acids is 1. The highest BCUT2D eigenvalue weighted by Crippen LogP contribution is 2.13. The van der Waals surface area contributed by atoms with E-state index in [2.05, 4.69) is 28.6 Å². The number of aliphatic carboxylic acids is 1. The molecule has 3 amide bonds. The van der Waals surface area contributed by atoms with E-state index in [0.717, 1.165) is 0 Å². The van der Waals surface area contributed by atoms with Gasteiger partial charge >= 0.3 is 5.97 Å². The summed E-state index contributed by atoms with van der Waals surface area (Å²) in [5.74, 6) is -3.45. The number of carbonyl (C=O) groups is 4. The van der Waals surface area contributed by atoms with Crippen LogP contribution in [0.15, 0.2) is 24.3 Å². The van der Waals surface area contributed by atoms with Crippen molar-refractivity contribution >= 4 is 36.3 Å². The Morgan fingerprint density at radius 3 is 1.89 bits per heavy atom. The summed E-state index contributed by atoms with van der Waals surface area (Å²) < 4.78 is 0. The zero-order valence-corrected chi connectivity index (χ0v) is 21.5. The van der Waals surface area contributed by atoms with Gasteiger partial charge < -0.3 is 31.9 Å². The summed E-state index contributed by atoms with van der Waals surface area (Å²) in [5.41, 5.74) is 6.58. The number of carboxylic acid groups (broad SMARTS) is 1. The van der Waals surface area contributed by atoms with Gasteiger partial charge in [-0.05, 0) is 29.5 Å². The molecule has 0 bridgehead atoms. The van der Waals surface area contributed by atoms with Crippen molar-refractivity contribution in [3.8, 4) is 5.75 Å². The first-order chi connectivity index (χ1) is 16.4. The Labute approximate surface area is 211 Å². The molecule has 0 aliphatic carbocycles. The van der Waals surface area contributed by atoms with Gasteiger partial charge in [0.25, 0.3) is 0 Å². The molecule has 1 aromatic rings. The average Bonchev–Trinajstić information content (AvgIpc) is 2.84. The van der Waals surface area contributed by atoms with Crippen molar-refractivity contribution in [2.75, 3.05) is 5.75 Å². The molecule has 0 saturated heterocycles. The van der Waals surface area contributed by atoms with Crippen LogP contribution < -0.4 is 21.7 Å². The maximum atomic E-state index is 13.1. The van der Waals surface area contributed by atoms with Crippen molar-refractivity contribution < 1.29 is 29.4 Å². The maximum Gasteiger partial charge on any atom is 0.326 e. The predicted molar refractivity (Wildman–Crippen MR) is 136 cm³/mol. The van der Waals surface area contributed by atoms with E-state index >= 15 is 0 Å². The standard InChI is InChI=1S/C24H38N4O6S/c1-5-13(3)19(25)23(32)27-18(12-35)22(31)26-17(11-15-7-9-16(29)10-8-15)21(30)28-20(24(33)34)14(4)6-2/h7-10,13-14,17-20,29,35H,5-6,11-12,25H2,1-4H3,(H,26,31)(H,27,32)(H,28,30)(H,33,34). The Bertz CT molecular complexity index is 866. The second-order valence-electron chi connectivity index (χ2n) is 8.80. The van der Waals surface area contributed by atoms with Gasteiger partial charge in [-0.1, -0.05) is 52.7 Å². The quantitative estimate of drug-likeness (QED) is 0.182. The van der Waals surface area contributed by atoms with E-state index in [-0.39, 0.29) is 29.8 Å². The molecule has 1 aromatic carbocycles.